The van der Waals surface area contributed by atoms with Gasteiger partial charge in [0.05, 0.1) is 40.6 Å². The summed E-state index contributed by atoms with van der Waals surface area (Å²) in [4.78, 5) is 30.6. The van der Waals surface area contributed by atoms with E-state index in [9.17, 15) is 14.9 Å². The van der Waals surface area contributed by atoms with Crippen LogP contribution in [0.4, 0.5) is 0 Å². The maximum atomic E-state index is 13.4. The number of piperazine rings is 1. The molecular formula is C26H31N3O6. The third-order valence-electron chi connectivity index (χ3n) is 7.50. The van der Waals surface area contributed by atoms with Crippen LogP contribution in [0.15, 0.2) is 28.5 Å². The standard InChI is InChI=1S/C26H31N3O6/c1-13-22(30)16-9-17-18(10-27)29(12-19(28(17)3)21(16)23(31)26(13)35-7)11-15-8-20(32-4)25(34-6)14(2)24(15)33-5/h8,17-19H,9,11-12H2,1-7H3/t17-,18-,19-/m0/s1. The number of benzene rings is 1. The summed E-state index contributed by atoms with van der Waals surface area (Å²) in [6.07, 6.45) is 0.331. The molecule has 1 aromatic carbocycles. The van der Waals surface area contributed by atoms with Crippen molar-refractivity contribution in [1.82, 2.24) is 9.80 Å². The molecule has 186 valence electrons. The quantitative estimate of drug-likeness (QED) is 0.566. The van der Waals surface area contributed by atoms with E-state index in [1.165, 1.54) is 7.11 Å². The monoisotopic (exact) mass is 481 g/mol. The Labute approximate surface area is 205 Å². The maximum absolute atomic E-state index is 13.4. The highest BCUT2D eigenvalue weighted by molar-refractivity contribution is 6.25. The molecule has 2 aliphatic heterocycles. The molecule has 1 saturated heterocycles. The predicted octanol–water partition coefficient (Wildman–Crippen LogP) is 2.17. The van der Waals surface area contributed by atoms with Crippen molar-refractivity contribution in [3.8, 4) is 23.3 Å². The van der Waals surface area contributed by atoms with Crippen LogP contribution in [0.1, 0.15) is 24.5 Å². The second-order valence-corrected chi connectivity index (χ2v) is 9.09. The van der Waals surface area contributed by atoms with Crippen LogP contribution in [-0.2, 0) is 20.9 Å². The van der Waals surface area contributed by atoms with Gasteiger partial charge < -0.3 is 18.9 Å². The zero-order chi connectivity index (χ0) is 25.6. The Morgan fingerprint density at radius 3 is 2.29 bits per heavy atom. The van der Waals surface area contributed by atoms with Crippen LogP contribution in [0.5, 0.6) is 17.2 Å². The van der Waals surface area contributed by atoms with Gasteiger partial charge in [-0.3, -0.25) is 19.4 Å². The van der Waals surface area contributed by atoms with Gasteiger partial charge in [-0.1, -0.05) is 0 Å². The lowest BCUT2D eigenvalue weighted by atomic mass is 9.74. The third kappa shape index (κ3) is 3.68. The van der Waals surface area contributed by atoms with Gasteiger partial charge in [0.15, 0.2) is 23.0 Å². The van der Waals surface area contributed by atoms with Crippen molar-refractivity contribution in [2.45, 2.75) is 44.9 Å². The summed E-state index contributed by atoms with van der Waals surface area (Å²) in [7, 11) is 8.08. The number of nitriles is 1. The van der Waals surface area contributed by atoms with E-state index in [4.69, 9.17) is 18.9 Å². The van der Waals surface area contributed by atoms with Gasteiger partial charge >= 0.3 is 0 Å². The van der Waals surface area contributed by atoms with Crippen LogP contribution in [0.2, 0.25) is 0 Å². The number of carbonyl (C=O) groups excluding carboxylic acids is 2. The van der Waals surface area contributed by atoms with Crippen LogP contribution < -0.4 is 14.2 Å². The van der Waals surface area contributed by atoms with Gasteiger partial charge in [-0.15, -0.1) is 0 Å². The molecular weight excluding hydrogens is 450 g/mol. The van der Waals surface area contributed by atoms with Crippen LogP contribution in [-0.4, -0.2) is 81.5 Å². The molecule has 9 heteroatoms. The van der Waals surface area contributed by atoms with Gasteiger partial charge in [-0.2, -0.15) is 5.26 Å². The SMILES string of the molecule is COC1=C(C)C(=O)C2=C(C1=O)[C@@H]1CN(Cc3cc(OC)c(OC)c(C)c3OC)[C@@H](C#N)[C@H](C2)N1C. The predicted molar refractivity (Wildman–Crippen MR) is 127 cm³/mol. The first-order valence-electron chi connectivity index (χ1n) is 11.4. The number of nitrogens with zero attached hydrogens (tertiary/aromatic N) is 3. The van der Waals surface area contributed by atoms with Crippen LogP contribution >= 0.6 is 0 Å². The normalized spacial score (nSPS) is 24.8. The molecule has 3 atom stereocenters. The second kappa shape index (κ2) is 9.36. The lowest BCUT2D eigenvalue weighted by Crippen LogP contribution is -2.65. The molecule has 3 aliphatic rings. The number of likely N-dealkylation sites (N-methyl/N-ethyl adjacent to an activating group) is 1. The number of hydrogen-bond acceptors (Lipinski definition) is 9. The van der Waals surface area contributed by atoms with E-state index in [0.717, 1.165) is 11.1 Å². The lowest BCUT2D eigenvalue weighted by Gasteiger charge is -2.52. The largest absolute Gasteiger partial charge is 0.496 e. The first-order valence-corrected chi connectivity index (χ1v) is 11.4. The molecule has 35 heavy (non-hydrogen) atoms. The Kier molecular flexibility index (Phi) is 6.62. The minimum Gasteiger partial charge on any atom is -0.496 e. The average Bonchev–Trinajstić information content (AvgIpc) is 2.83. The highest BCUT2D eigenvalue weighted by Gasteiger charge is 2.51. The fourth-order valence-corrected chi connectivity index (χ4v) is 5.78. The highest BCUT2D eigenvalue weighted by Crippen LogP contribution is 2.43. The molecule has 1 fully saturated rings. The maximum Gasteiger partial charge on any atom is 0.225 e. The number of hydrogen-bond donors (Lipinski definition) is 0. The van der Waals surface area contributed by atoms with E-state index >= 15 is 0 Å². The number of rotatable bonds is 6. The molecule has 0 N–H and O–H groups in total. The first-order chi connectivity index (χ1) is 16.7. The molecule has 9 nitrogen and oxygen atoms in total. The average molecular weight is 482 g/mol. The van der Waals surface area contributed by atoms with Crippen molar-refractivity contribution in [1.29, 1.82) is 5.26 Å². The molecule has 2 bridgehead atoms. The summed E-state index contributed by atoms with van der Waals surface area (Å²) >= 11 is 0. The summed E-state index contributed by atoms with van der Waals surface area (Å²) < 4.78 is 22.1. The molecule has 0 saturated carbocycles. The van der Waals surface area contributed by atoms with Crippen molar-refractivity contribution in [3.63, 3.8) is 0 Å². The van der Waals surface area contributed by atoms with Gasteiger partial charge in [0.1, 0.15) is 11.8 Å². The van der Waals surface area contributed by atoms with Crippen molar-refractivity contribution in [2.24, 2.45) is 0 Å². The fraction of sp³-hybridized carbons (Fsp3) is 0.500. The smallest absolute Gasteiger partial charge is 0.225 e. The van der Waals surface area contributed by atoms with E-state index in [2.05, 4.69) is 15.9 Å². The minimum absolute atomic E-state index is 0.103. The van der Waals surface area contributed by atoms with Crippen LogP contribution in [0, 0.1) is 18.3 Å². The molecule has 0 spiro atoms. The minimum atomic E-state index is -0.487. The zero-order valence-corrected chi connectivity index (χ0v) is 21.2. The zero-order valence-electron chi connectivity index (χ0n) is 21.2. The number of carbonyl (C=O) groups is 2. The molecule has 1 aromatic rings. The summed E-state index contributed by atoms with van der Waals surface area (Å²) in [5.74, 6) is 1.52. The molecule has 2 heterocycles. The van der Waals surface area contributed by atoms with E-state index < -0.39 is 6.04 Å². The fourth-order valence-electron chi connectivity index (χ4n) is 5.78. The Morgan fingerprint density at radius 2 is 1.71 bits per heavy atom. The van der Waals surface area contributed by atoms with E-state index in [1.807, 2.05) is 20.0 Å². The number of ether oxygens (including phenoxy) is 4. The molecule has 0 aromatic heterocycles. The molecule has 1 aliphatic carbocycles. The Hall–Kier alpha value is -3.35. The molecule has 0 unspecified atom stereocenters. The highest BCUT2D eigenvalue weighted by atomic mass is 16.5. The van der Waals surface area contributed by atoms with Gasteiger partial charge in [0.25, 0.3) is 0 Å². The first kappa shape index (κ1) is 24.8. The van der Waals surface area contributed by atoms with E-state index in [-0.39, 0.29) is 29.4 Å². The molecule has 4 rings (SSSR count). The summed E-state index contributed by atoms with van der Waals surface area (Å²) in [6.45, 7) is 4.32. The molecule has 0 radical (unpaired) electrons. The Balaban J connectivity index is 1.76. The third-order valence-corrected chi connectivity index (χ3v) is 7.50. The Morgan fingerprint density at radius 1 is 1.03 bits per heavy atom. The number of methoxy groups -OCH3 is 4. The second-order valence-electron chi connectivity index (χ2n) is 9.09. The van der Waals surface area contributed by atoms with Gasteiger partial charge in [0, 0.05) is 47.0 Å². The topological polar surface area (TPSA) is 101 Å². The number of ketones is 2. The summed E-state index contributed by atoms with van der Waals surface area (Å²) in [5, 5.41) is 10.2. The lowest BCUT2D eigenvalue weighted by molar-refractivity contribution is -0.121. The van der Waals surface area contributed by atoms with Crippen LogP contribution in [0.25, 0.3) is 0 Å². The number of allylic oxidation sites excluding steroid dienone is 2. The van der Waals surface area contributed by atoms with Crippen molar-refractivity contribution in [3.05, 3.63) is 39.7 Å². The van der Waals surface area contributed by atoms with Crippen molar-refractivity contribution in [2.75, 3.05) is 42.0 Å². The van der Waals surface area contributed by atoms with E-state index in [1.54, 1.807) is 28.3 Å². The van der Waals surface area contributed by atoms with Crippen molar-refractivity contribution >= 4 is 11.6 Å². The summed E-state index contributed by atoms with van der Waals surface area (Å²) in [6, 6.07) is 3.25. The van der Waals surface area contributed by atoms with Gasteiger partial charge in [0.2, 0.25) is 5.78 Å². The number of Topliss-reactive ketones (excluding diaryl/α,β-unsaturated/α-hetero) is 2. The number of fused-ring (bicyclic) bond motifs is 3. The van der Waals surface area contributed by atoms with Crippen molar-refractivity contribution < 1.29 is 28.5 Å². The van der Waals surface area contributed by atoms with E-state index in [0.29, 0.717) is 53.5 Å². The Bertz CT molecular complexity index is 1190. The van der Waals surface area contributed by atoms with Crippen LogP contribution in [0.3, 0.4) is 0 Å². The van der Waals surface area contributed by atoms with Gasteiger partial charge in [-0.05, 0) is 33.4 Å². The molecule has 0 amide bonds. The summed E-state index contributed by atoms with van der Waals surface area (Å²) in [5.41, 5.74) is 2.97. The van der Waals surface area contributed by atoms with Gasteiger partial charge in [-0.25, -0.2) is 0 Å².